The highest BCUT2D eigenvalue weighted by Crippen LogP contribution is 2.38. The summed E-state index contributed by atoms with van der Waals surface area (Å²) in [7, 11) is 0.728. The van der Waals surface area contributed by atoms with Crippen LogP contribution in [0.15, 0.2) is 30.6 Å². The zero-order valence-corrected chi connectivity index (χ0v) is 13.7. The Morgan fingerprint density at radius 2 is 2.25 bits per heavy atom. The van der Waals surface area contributed by atoms with E-state index in [1.165, 1.54) is 7.11 Å². The highest BCUT2D eigenvalue weighted by molar-refractivity contribution is 6.43. The minimum absolute atomic E-state index is 0.0557. The van der Waals surface area contributed by atoms with Crippen molar-refractivity contribution in [2.24, 2.45) is 0 Å². The molecule has 0 spiro atoms. The standard InChI is InChI=1S/C17H19BFNO4/c1-3-23-17-15(22-2)5-4-14(16(17)19)12-6-11(8-20-9-12)13-7-18(21)24-10-13/h4-6,8-9,13,21H,3,7,10H2,1-2H3. The second-order valence-electron chi connectivity index (χ2n) is 5.62. The van der Waals surface area contributed by atoms with Crippen LogP contribution < -0.4 is 9.47 Å². The summed E-state index contributed by atoms with van der Waals surface area (Å²) in [5, 5.41) is 9.51. The third-order valence-corrected chi connectivity index (χ3v) is 4.09. The topological polar surface area (TPSA) is 60.8 Å². The molecule has 1 saturated heterocycles. The summed E-state index contributed by atoms with van der Waals surface area (Å²) >= 11 is 0. The molecule has 1 N–H and O–H groups in total. The molecule has 1 fully saturated rings. The molecule has 1 aromatic heterocycles. The first-order valence-electron chi connectivity index (χ1n) is 7.88. The van der Waals surface area contributed by atoms with Gasteiger partial charge in [-0.3, -0.25) is 4.98 Å². The molecule has 126 valence electrons. The number of benzene rings is 1. The zero-order valence-electron chi connectivity index (χ0n) is 13.7. The number of nitrogens with zero attached hydrogens (tertiary/aromatic N) is 1. The maximum atomic E-state index is 14.9. The van der Waals surface area contributed by atoms with Crippen LogP contribution in [0.5, 0.6) is 11.5 Å². The Labute approximate surface area is 140 Å². The zero-order chi connectivity index (χ0) is 17.1. The fraction of sp³-hybridized carbons (Fsp3) is 0.353. The first-order chi connectivity index (χ1) is 11.6. The van der Waals surface area contributed by atoms with Gasteiger partial charge in [-0.1, -0.05) is 0 Å². The van der Waals surface area contributed by atoms with Crippen molar-refractivity contribution in [1.82, 2.24) is 4.98 Å². The Bertz CT molecular complexity index is 728. The maximum absolute atomic E-state index is 14.9. The summed E-state index contributed by atoms with van der Waals surface area (Å²) in [6.45, 7) is 2.56. The van der Waals surface area contributed by atoms with E-state index in [2.05, 4.69) is 4.98 Å². The van der Waals surface area contributed by atoms with Gasteiger partial charge in [0.15, 0.2) is 17.3 Å². The SMILES string of the molecule is CCOc1c(OC)ccc(-c2cncc(C3COB(O)C3)c2)c1F. The summed E-state index contributed by atoms with van der Waals surface area (Å²) in [4.78, 5) is 4.21. The average molecular weight is 331 g/mol. The third-order valence-electron chi connectivity index (χ3n) is 4.09. The second kappa shape index (κ2) is 7.19. The summed E-state index contributed by atoms with van der Waals surface area (Å²) in [5.74, 6) is 0.0371. The van der Waals surface area contributed by atoms with E-state index in [1.54, 1.807) is 31.5 Å². The number of halogens is 1. The van der Waals surface area contributed by atoms with Crippen LogP contribution in [0, 0.1) is 5.82 Å². The predicted molar refractivity (Wildman–Crippen MR) is 88.8 cm³/mol. The molecule has 0 saturated carbocycles. The van der Waals surface area contributed by atoms with Crippen LogP contribution in [0.3, 0.4) is 0 Å². The molecule has 0 aliphatic carbocycles. The molecule has 24 heavy (non-hydrogen) atoms. The third kappa shape index (κ3) is 3.23. The van der Waals surface area contributed by atoms with Crippen molar-refractivity contribution < 1.29 is 23.5 Å². The smallest absolute Gasteiger partial charge is 0.454 e. The molecule has 2 aromatic rings. The van der Waals surface area contributed by atoms with Gasteiger partial charge in [-0.25, -0.2) is 4.39 Å². The van der Waals surface area contributed by atoms with Crippen molar-refractivity contribution in [2.75, 3.05) is 20.3 Å². The van der Waals surface area contributed by atoms with Crippen LogP contribution in [0.1, 0.15) is 18.4 Å². The van der Waals surface area contributed by atoms with Crippen molar-refractivity contribution in [3.63, 3.8) is 0 Å². The number of ether oxygens (including phenoxy) is 2. The second-order valence-corrected chi connectivity index (χ2v) is 5.62. The van der Waals surface area contributed by atoms with Crippen LogP contribution in [0.2, 0.25) is 6.32 Å². The van der Waals surface area contributed by atoms with Crippen molar-refractivity contribution in [3.8, 4) is 22.6 Å². The molecule has 1 aliphatic rings. The summed E-state index contributed by atoms with van der Waals surface area (Å²) < 4.78 is 30.6. The van der Waals surface area contributed by atoms with Crippen LogP contribution in [-0.4, -0.2) is 37.4 Å². The van der Waals surface area contributed by atoms with Crippen LogP contribution in [0.25, 0.3) is 11.1 Å². The molecule has 1 aromatic carbocycles. The van der Waals surface area contributed by atoms with Crippen LogP contribution >= 0.6 is 0 Å². The fourth-order valence-electron chi connectivity index (χ4n) is 2.87. The lowest BCUT2D eigenvalue weighted by Crippen LogP contribution is -2.07. The lowest BCUT2D eigenvalue weighted by Gasteiger charge is -2.14. The predicted octanol–water partition coefficient (Wildman–Crippen LogP) is 2.89. The van der Waals surface area contributed by atoms with Gasteiger partial charge in [0, 0.05) is 36.0 Å². The minimum atomic E-state index is -0.749. The van der Waals surface area contributed by atoms with E-state index >= 15 is 0 Å². The van der Waals surface area contributed by atoms with Gasteiger partial charge in [-0.05, 0) is 37.0 Å². The van der Waals surface area contributed by atoms with E-state index in [9.17, 15) is 9.41 Å². The Kier molecular flexibility index (Phi) is 5.01. The van der Waals surface area contributed by atoms with E-state index < -0.39 is 12.9 Å². The Balaban J connectivity index is 1.98. The van der Waals surface area contributed by atoms with Gasteiger partial charge in [0.05, 0.1) is 13.7 Å². The molecule has 0 bridgehead atoms. The number of methoxy groups -OCH3 is 1. The monoisotopic (exact) mass is 331 g/mol. The highest BCUT2D eigenvalue weighted by atomic mass is 19.1. The van der Waals surface area contributed by atoms with Crippen molar-refractivity contribution in [2.45, 2.75) is 19.2 Å². The van der Waals surface area contributed by atoms with E-state index in [1.807, 2.05) is 6.07 Å². The van der Waals surface area contributed by atoms with Crippen molar-refractivity contribution >= 4 is 7.12 Å². The Morgan fingerprint density at radius 1 is 1.42 bits per heavy atom. The van der Waals surface area contributed by atoms with Gasteiger partial charge in [0.25, 0.3) is 0 Å². The summed E-state index contributed by atoms with van der Waals surface area (Å²) in [6, 6.07) is 5.20. The lowest BCUT2D eigenvalue weighted by atomic mass is 9.80. The Hall–Kier alpha value is -2.12. The van der Waals surface area contributed by atoms with E-state index in [0.29, 0.717) is 36.4 Å². The first kappa shape index (κ1) is 16.7. The van der Waals surface area contributed by atoms with Crippen LogP contribution in [0.4, 0.5) is 4.39 Å². The normalized spacial score (nSPS) is 17.2. The van der Waals surface area contributed by atoms with Gasteiger partial charge >= 0.3 is 7.12 Å². The number of aromatic nitrogens is 1. The molecular weight excluding hydrogens is 312 g/mol. The van der Waals surface area contributed by atoms with Gasteiger partial charge in [-0.2, -0.15) is 0 Å². The molecule has 1 unspecified atom stereocenters. The number of rotatable bonds is 5. The maximum Gasteiger partial charge on any atom is 0.454 e. The molecule has 0 amide bonds. The molecule has 1 atom stereocenters. The lowest BCUT2D eigenvalue weighted by molar-refractivity contribution is 0.292. The van der Waals surface area contributed by atoms with Crippen LogP contribution in [-0.2, 0) is 4.65 Å². The molecule has 0 radical (unpaired) electrons. The van der Waals surface area contributed by atoms with E-state index in [4.69, 9.17) is 14.1 Å². The fourth-order valence-corrected chi connectivity index (χ4v) is 2.87. The largest absolute Gasteiger partial charge is 0.493 e. The minimum Gasteiger partial charge on any atom is -0.493 e. The molecule has 5 nitrogen and oxygen atoms in total. The summed E-state index contributed by atoms with van der Waals surface area (Å²) in [6.07, 6.45) is 3.84. The van der Waals surface area contributed by atoms with E-state index in [0.717, 1.165) is 5.56 Å². The van der Waals surface area contributed by atoms with Crippen molar-refractivity contribution in [1.29, 1.82) is 0 Å². The van der Waals surface area contributed by atoms with Gasteiger partial charge < -0.3 is 19.2 Å². The molecule has 3 rings (SSSR count). The summed E-state index contributed by atoms with van der Waals surface area (Å²) in [5.41, 5.74) is 1.96. The Morgan fingerprint density at radius 3 is 2.92 bits per heavy atom. The molecule has 2 heterocycles. The molecular formula is C17H19BFNO4. The van der Waals surface area contributed by atoms with Gasteiger partial charge in [0.2, 0.25) is 0 Å². The molecule has 7 heteroatoms. The first-order valence-corrected chi connectivity index (χ1v) is 7.88. The molecule has 1 aliphatic heterocycles. The quantitative estimate of drug-likeness (QED) is 0.854. The number of pyridine rings is 1. The van der Waals surface area contributed by atoms with Gasteiger partial charge in [-0.15, -0.1) is 0 Å². The highest BCUT2D eigenvalue weighted by Gasteiger charge is 2.30. The van der Waals surface area contributed by atoms with Crippen molar-refractivity contribution in [3.05, 3.63) is 42.0 Å². The number of hydrogen-bond donors (Lipinski definition) is 1. The van der Waals surface area contributed by atoms with E-state index in [-0.39, 0.29) is 11.7 Å². The average Bonchev–Trinajstić information content (AvgIpc) is 3.03. The number of hydrogen-bond acceptors (Lipinski definition) is 5. The van der Waals surface area contributed by atoms with Gasteiger partial charge in [0.1, 0.15) is 0 Å².